The molecule has 4 aromatic rings. The number of amides is 3. The van der Waals surface area contributed by atoms with Crippen molar-refractivity contribution in [2.24, 2.45) is 5.92 Å². The van der Waals surface area contributed by atoms with Crippen molar-refractivity contribution in [1.82, 2.24) is 4.57 Å². The summed E-state index contributed by atoms with van der Waals surface area (Å²) in [5, 5.41) is 3.61. The van der Waals surface area contributed by atoms with Crippen molar-refractivity contribution in [1.29, 1.82) is 0 Å². The van der Waals surface area contributed by atoms with E-state index in [1.165, 1.54) is 21.2 Å². The van der Waals surface area contributed by atoms with E-state index in [2.05, 4.69) is 5.32 Å². The van der Waals surface area contributed by atoms with E-state index in [-0.39, 0.29) is 23.2 Å². The lowest BCUT2D eigenvalue weighted by molar-refractivity contribution is -0.122. The molecule has 7 nitrogen and oxygen atoms in total. The molecule has 0 radical (unpaired) electrons. The van der Waals surface area contributed by atoms with Gasteiger partial charge in [0.1, 0.15) is 11.8 Å². The van der Waals surface area contributed by atoms with Crippen LogP contribution in [0.25, 0.3) is 0 Å². The number of thiazole rings is 1. The monoisotopic (exact) mass is 609 g/mol. The SMILES string of the molecule is Cc1ccc(N2C(=O)C3Sc4c(sc(=O)n4CC(=O)Nc4ccc(Cl)cc4)C(c4ccc(Cl)cc4)C3C2=O)cc1. The van der Waals surface area contributed by atoms with Crippen molar-refractivity contribution < 1.29 is 14.4 Å². The van der Waals surface area contributed by atoms with Gasteiger partial charge in [-0.2, -0.15) is 0 Å². The maximum absolute atomic E-state index is 13.9. The number of aryl methyl sites for hydroxylation is 1. The van der Waals surface area contributed by atoms with Gasteiger partial charge in [-0.3, -0.25) is 23.7 Å². The van der Waals surface area contributed by atoms with Crippen LogP contribution in [0.1, 0.15) is 21.9 Å². The Balaban J connectivity index is 1.40. The predicted molar refractivity (Wildman–Crippen MR) is 159 cm³/mol. The third-order valence-corrected chi connectivity index (χ3v) is 10.1. The average Bonchev–Trinajstić information content (AvgIpc) is 3.37. The topological polar surface area (TPSA) is 88.5 Å². The van der Waals surface area contributed by atoms with E-state index in [0.29, 0.717) is 31.3 Å². The molecule has 1 N–H and O–H groups in total. The highest BCUT2D eigenvalue weighted by Gasteiger charge is 2.56. The summed E-state index contributed by atoms with van der Waals surface area (Å²) in [6.45, 7) is 1.69. The van der Waals surface area contributed by atoms with E-state index in [1.807, 2.05) is 31.2 Å². The molecule has 6 rings (SSSR count). The van der Waals surface area contributed by atoms with Crippen molar-refractivity contribution >= 4 is 75.4 Å². The Morgan fingerprint density at radius 2 is 1.50 bits per heavy atom. The van der Waals surface area contributed by atoms with Gasteiger partial charge in [0.25, 0.3) is 0 Å². The van der Waals surface area contributed by atoms with Crippen molar-refractivity contribution in [3.8, 4) is 0 Å². The normalized spacial score (nSPS) is 19.9. The van der Waals surface area contributed by atoms with Gasteiger partial charge < -0.3 is 5.32 Å². The summed E-state index contributed by atoms with van der Waals surface area (Å²) in [6, 6.07) is 21.0. The summed E-state index contributed by atoms with van der Waals surface area (Å²) in [4.78, 5) is 55.4. The fourth-order valence-electron chi connectivity index (χ4n) is 5.11. The van der Waals surface area contributed by atoms with Crippen LogP contribution in [0.2, 0.25) is 10.0 Å². The van der Waals surface area contributed by atoms with E-state index < -0.39 is 23.0 Å². The second-order valence-corrected chi connectivity index (χ2v) is 12.6. The van der Waals surface area contributed by atoms with E-state index in [4.69, 9.17) is 23.2 Å². The summed E-state index contributed by atoms with van der Waals surface area (Å²) >= 11 is 14.3. The first kappa shape index (κ1) is 26.8. The Morgan fingerprint density at radius 1 is 0.875 bits per heavy atom. The zero-order valence-corrected chi connectivity index (χ0v) is 24.1. The van der Waals surface area contributed by atoms with Crippen LogP contribution in [0.3, 0.4) is 0 Å². The Kier molecular flexibility index (Phi) is 7.08. The number of nitrogens with one attached hydrogen (secondary N) is 1. The molecule has 1 fully saturated rings. The number of fused-ring (bicyclic) bond motifs is 2. The van der Waals surface area contributed by atoms with Gasteiger partial charge in [-0.1, -0.05) is 76.1 Å². The number of hydrogen-bond donors (Lipinski definition) is 1. The molecule has 3 amide bonds. The van der Waals surface area contributed by atoms with Crippen LogP contribution in [0.15, 0.2) is 82.6 Å². The number of thioether (sulfide) groups is 1. The number of imide groups is 1. The van der Waals surface area contributed by atoms with Gasteiger partial charge in [0.05, 0.1) is 16.6 Å². The minimum atomic E-state index is -0.762. The molecule has 2 aliphatic rings. The maximum atomic E-state index is 13.9. The van der Waals surface area contributed by atoms with Crippen molar-refractivity contribution in [2.75, 3.05) is 10.2 Å². The number of aromatic nitrogens is 1. The summed E-state index contributed by atoms with van der Waals surface area (Å²) < 4.78 is 1.39. The number of hydrogen-bond acceptors (Lipinski definition) is 6. The van der Waals surface area contributed by atoms with Crippen LogP contribution in [-0.4, -0.2) is 27.5 Å². The van der Waals surface area contributed by atoms with Crippen molar-refractivity contribution in [3.63, 3.8) is 0 Å². The molecule has 202 valence electrons. The quantitative estimate of drug-likeness (QED) is 0.282. The molecule has 11 heteroatoms. The van der Waals surface area contributed by atoms with Crippen LogP contribution in [0.4, 0.5) is 11.4 Å². The first-order chi connectivity index (χ1) is 19.2. The summed E-state index contributed by atoms with van der Waals surface area (Å²) in [5.74, 6) is -2.33. The Morgan fingerprint density at radius 3 is 2.15 bits per heavy atom. The Hall–Kier alpha value is -3.37. The molecule has 40 heavy (non-hydrogen) atoms. The molecule has 3 unspecified atom stereocenters. The molecule has 0 bridgehead atoms. The van der Waals surface area contributed by atoms with Crippen LogP contribution in [0.5, 0.6) is 0 Å². The maximum Gasteiger partial charge on any atom is 0.308 e. The van der Waals surface area contributed by atoms with Crippen LogP contribution >= 0.6 is 46.3 Å². The second kappa shape index (κ2) is 10.6. The lowest BCUT2D eigenvalue weighted by atomic mass is 9.83. The molecule has 1 saturated heterocycles. The first-order valence-corrected chi connectivity index (χ1v) is 14.8. The third kappa shape index (κ3) is 4.77. The van der Waals surface area contributed by atoms with Crippen molar-refractivity contribution in [3.05, 3.63) is 109 Å². The molecule has 3 aromatic carbocycles. The number of rotatable bonds is 5. The van der Waals surface area contributed by atoms with Crippen LogP contribution in [0, 0.1) is 12.8 Å². The van der Waals surface area contributed by atoms with Gasteiger partial charge in [-0.15, -0.1) is 0 Å². The van der Waals surface area contributed by atoms with Gasteiger partial charge in [-0.05, 0) is 61.0 Å². The number of carbonyl (C=O) groups excluding carboxylic acids is 3. The number of nitrogens with zero attached hydrogens (tertiary/aromatic N) is 2. The Labute approximate surface area is 247 Å². The smallest absolute Gasteiger partial charge is 0.308 e. The highest BCUT2D eigenvalue weighted by atomic mass is 35.5. The minimum Gasteiger partial charge on any atom is -0.325 e. The summed E-state index contributed by atoms with van der Waals surface area (Å²) in [5.41, 5.74) is 2.83. The molecule has 2 aliphatic heterocycles. The second-order valence-electron chi connectivity index (χ2n) is 9.62. The van der Waals surface area contributed by atoms with Gasteiger partial charge >= 0.3 is 4.87 Å². The van der Waals surface area contributed by atoms with E-state index in [9.17, 15) is 19.2 Å². The molecule has 3 heterocycles. The summed E-state index contributed by atoms with van der Waals surface area (Å²) in [7, 11) is 0. The highest BCUT2D eigenvalue weighted by Crippen LogP contribution is 2.53. The molecule has 0 aliphatic carbocycles. The van der Waals surface area contributed by atoms with Crippen LogP contribution in [-0.2, 0) is 20.9 Å². The van der Waals surface area contributed by atoms with Gasteiger partial charge in [0.2, 0.25) is 17.7 Å². The van der Waals surface area contributed by atoms with Gasteiger partial charge in [-0.25, -0.2) is 4.90 Å². The zero-order valence-electron chi connectivity index (χ0n) is 21.0. The van der Waals surface area contributed by atoms with Gasteiger partial charge in [0, 0.05) is 26.5 Å². The predicted octanol–water partition coefficient (Wildman–Crippen LogP) is 5.96. The molecular weight excluding hydrogens is 589 g/mol. The van der Waals surface area contributed by atoms with E-state index >= 15 is 0 Å². The molecule has 0 saturated carbocycles. The fourth-order valence-corrected chi connectivity index (χ4v) is 8.14. The number of halogens is 2. The van der Waals surface area contributed by atoms with Crippen LogP contribution < -0.4 is 15.1 Å². The number of anilines is 2. The molecular formula is C29H21Cl2N3O4S2. The fraction of sp³-hybridized carbons (Fsp3) is 0.172. The number of benzene rings is 3. The largest absolute Gasteiger partial charge is 0.325 e. The van der Waals surface area contributed by atoms with E-state index in [0.717, 1.165) is 22.5 Å². The average molecular weight is 611 g/mol. The minimum absolute atomic E-state index is 0.241. The zero-order chi connectivity index (χ0) is 28.1. The summed E-state index contributed by atoms with van der Waals surface area (Å²) in [6.07, 6.45) is 0. The third-order valence-electron chi connectivity index (χ3n) is 7.00. The highest BCUT2D eigenvalue weighted by molar-refractivity contribution is 8.00. The lowest BCUT2D eigenvalue weighted by Gasteiger charge is -2.30. The lowest BCUT2D eigenvalue weighted by Crippen LogP contribution is -2.33. The molecule has 1 aromatic heterocycles. The van der Waals surface area contributed by atoms with Crippen molar-refractivity contribution in [2.45, 2.75) is 29.7 Å². The number of carbonyl (C=O) groups is 3. The first-order valence-electron chi connectivity index (χ1n) is 12.4. The Bertz CT molecular complexity index is 1700. The standard InChI is InChI=1S/C29H21Cl2N3O4S2/c1-15-2-12-20(13-3-15)34-26(36)23-22(16-4-6-17(30)7-5-16)25-28(39-24(23)27(34)37)33(29(38)40-25)14-21(35)32-19-10-8-18(31)9-11-19/h2-13,22-24H,14H2,1H3,(H,32,35). The molecule has 3 atom stereocenters. The molecule has 0 spiro atoms. The van der Waals surface area contributed by atoms with Gasteiger partial charge in [0.15, 0.2) is 0 Å². The van der Waals surface area contributed by atoms with E-state index in [1.54, 1.807) is 48.5 Å².